The van der Waals surface area contributed by atoms with Crippen molar-refractivity contribution in [3.05, 3.63) is 24.3 Å². The maximum absolute atomic E-state index is 14.6. The number of hydrogen-bond donors (Lipinski definition) is 4. The van der Waals surface area contributed by atoms with Crippen LogP contribution in [0.2, 0.25) is 0 Å². The van der Waals surface area contributed by atoms with Crippen LogP contribution in [0.1, 0.15) is 137 Å². The minimum Gasteiger partial charge on any atom is -0.459 e. The van der Waals surface area contributed by atoms with Gasteiger partial charge < -0.3 is 96.2 Å². The largest absolute Gasteiger partial charge is 0.459 e. The Morgan fingerprint density at radius 1 is 0.537 bits per heavy atom. The van der Waals surface area contributed by atoms with Crippen LogP contribution >= 0.6 is 0 Å². The summed E-state index contributed by atoms with van der Waals surface area (Å²) >= 11 is 0. The van der Waals surface area contributed by atoms with Gasteiger partial charge in [-0.3, -0.25) is 4.79 Å². The number of aliphatic hydroxyl groups is 4. The molecule has 0 radical (unpaired) electrons. The van der Waals surface area contributed by atoms with Crippen LogP contribution in [-0.4, -0.2) is 215 Å². The molecule has 82 heavy (non-hydrogen) atoms. The van der Waals surface area contributed by atoms with Gasteiger partial charge in [0, 0.05) is 63.7 Å². The third kappa shape index (κ3) is 8.87. The van der Waals surface area contributed by atoms with E-state index in [2.05, 4.69) is 40.9 Å². The van der Waals surface area contributed by atoms with Crippen LogP contribution < -0.4 is 0 Å². The maximum Gasteiger partial charge on any atom is 0.308 e. The van der Waals surface area contributed by atoms with Crippen molar-refractivity contribution in [2.75, 3.05) is 6.61 Å². The summed E-state index contributed by atoms with van der Waals surface area (Å²) < 4.78 is 109. The van der Waals surface area contributed by atoms with E-state index in [-0.39, 0.29) is 122 Å². The van der Waals surface area contributed by atoms with E-state index in [0.29, 0.717) is 83.5 Å². The summed E-state index contributed by atoms with van der Waals surface area (Å²) in [5.41, 5.74) is 2.01. The van der Waals surface area contributed by atoms with E-state index < -0.39 is 108 Å². The first-order valence-corrected chi connectivity index (χ1v) is 31.6. The molecule has 17 rings (SSSR count). The standard InChI is InChI=1S/C61H86O21/c1-25-13-31-7-9-35-26(2)14-33(67-35)11-12-60-57(65)61(66)56(82-60)55-54(81-61)53(80-60)52-36(72-55)10-8-32(69-52)15-47(64)75-51-30(6)50-43(71-42(51)16-37(68-31)29(25)5)19-41-45(74-50)22-59(76-41)23-46-49(79-59)28(4)21-58(78-46)20-27(3)48-44(77-58)18-39-40(73-48)17-38(70-39)34(63)24-62/h25,27-28,30-46,48-57,62-63,65-66H,2,5,7-24H2,1,3-4,6H3/t25-,27+,28+,30+,31?,32?,33?,34?,35?,36?,37?,38?,39?,40?,41-,42?,43+,44?,45-,46?,48?,49?,50+,51?,52+,53?,54?,55?,56?,57?,58?,59-,60-,61+/m1/s1. The van der Waals surface area contributed by atoms with Crippen LogP contribution in [0.15, 0.2) is 24.3 Å². The van der Waals surface area contributed by atoms with Crippen molar-refractivity contribution in [2.45, 2.75) is 319 Å². The minimum atomic E-state index is -2.03. The van der Waals surface area contributed by atoms with Gasteiger partial charge in [-0.15, -0.1) is 0 Å². The Kier molecular flexibility index (Phi) is 13.6. The minimum absolute atomic E-state index is 0.0316. The van der Waals surface area contributed by atoms with E-state index in [1.54, 1.807) is 0 Å². The van der Waals surface area contributed by atoms with Crippen LogP contribution in [0.4, 0.5) is 0 Å². The normalized spacial score (nSPS) is 59.6. The Bertz CT molecular complexity index is 2500. The third-order valence-electron chi connectivity index (χ3n) is 22.9. The highest BCUT2D eigenvalue weighted by Crippen LogP contribution is 2.60. The van der Waals surface area contributed by atoms with Gasteiger partial charge in [0.15, 0.2) is 17.7 Å². The molecule has 17 heterocycles. The molecule has 17 aliphatic rings. The Hall–Kier alpha value is -1.81. The van der Waals surface area contributed by atoms with Crippen molar-refractivity contribution in [3.8, 4) is 0 Å². The zero-order chi connectivity index (χ0) is 56.1. The van der Waals surface area contributed by atoms with Crippen molar-refractivity contribution in [1.29, 1.82) is 0 Å². The zero-order valence-corrected chi connectivity index (χ0v) is 47.7. The fourth-order valence-corrected chi connectivity index (χ4v) is 18.9. The zero-order valence-electron chi connectivity index (χ0n) is 47.7. The first kappa shape index (κ1) is 55.5. The number of carbonyl (C=O) groups excluding carboxylic acids is 1. The quantitative estimate of drug-likeness (QED) is 0.228. The maximum atomic E-state index is 14.6. The van der Waals surface area contributed by atoms with Crippen LogP contribution in [0.5, 0.6) is 0 Å². The summed E-state index contributed by atoms with van der Waals surface area (Å²) in [6.07, 6.45) is -3.21. The number of ether oxygens (including phenoxy) is 16. The van der Waals surface area contributed by atoms with Crippen LogP contribution in [0.25, 0.3) is 0 Å². The molecule has 0 saturated carbocycles. The number of fused-ring (bicyclic) bond motifs is 11. The molecule has 22 unspecified atom stereocenters. The molecule has 17 saturated heterocycles. The van der Waals surface area contributed by atoms with E-state index in [4.69, 9.17) is 75.8 Å². The summed E-state index contributed by atoms with van der Waals surface area (Å²) in [4.78, 5) is 14.6. The molecule has 3 spiro atoms. The SMILES string of the molecule is C=C1CC2CC[C@@]34OC5C6O[C@@](O)(C(O3)C6OC3CCC(CC(=O)OC6C(CC7OC(CCC1O2)C[C@@H](C)C7=C)O[C@H]1C[C@H]2O[C@]7(CC8OC9(C[C@H](C)C%10OC%11CC(C(O)CO)OC%11CC%10O9)C[C@H](C)C8O7)C[C@H]2O[C@H]1[C@@H]6C)O[C@@H]35)C4O. The first-order chi connectivity index (χ1) is 39.3. The van der Waals surface area contributed by atoms with Gasteiger partial charge in [0.05, 0.1) is 123 Å². The number of esters is 1. The second-order valence-electron chi connectivity index (χ2n) is 28.4. The van der Waals surface area contributed by atoms with Gasteiger partial charge in [-0.2, -0.15) is 0 Å². The number of aliphatic hydroxyl groups excluding tert-OH is 3. The molecule has 0 aromatic heterocycles. The van der Waals surface area contributed by atoms with E-state index in [0.717, 1.165) is 24.0 Å². The third-order valence-corrected chi connectivity index (χ3v) is 22.9. The van der Waals surface area contributed by atoms with E-state index in [1.807, 2.05) is 0 Å². The average molecular weight is 1160 g/mol. The Morgan fingerprint density at radius 2 is 1.22 bits per heavy atom. The fraction of sp³-hybridized carbons (Fsp3) is 0.918. The molecule has 21 heteroatoms. The lowest BCUT2D eigenvalue weighted by Gasteiger charge is -2.54. The van der Waals surface area contributed by atoms with Gasteiger partial charge in [-0.05, 0) is 73.8 Å². The molecular formula is C61H86O21. The van der Waals surface area contributed by atoms with Gasteiger partial charge in [-0.1, -0.05) is 40.9 Å². The number of carbonyl (C=O) groups is 1. The molecule has 21 nitrogen and oxygen atoms in total. The van der Waals surface area contributed by atoms with Crippen molar-refractivity contribution in [2.24, 2.45) is 23.7 Å². The smallest absolute Gasteiger partial charge is 0.308 e. The topological polar surface area (TPSA) is 246 Å². The molecule has 456 valence electrons. The number of hydrogen-bond acceptors (Lipinski definition) is 21. The Balaban J connectivity index is 0.633. The molecule has 12 bridgehead atoms. The van der Waals surface area contributed by atoms with Gasteiger partial charge in [0.1, 0.15) is 42.7 Å². The average Bonchev–Trinajstić information content (AvgIpc) is 2.14. The van der Waals surface area contributed by atoms with E-state index in [1.165, 1.54) is 0 Å². The summed E-state index contributed by atoms with van der Waals surface area (Å²) in [7, 11) is 0. The van der Waals surface area contributed by atoms with Crippen molar-refractivity contribution >= 4 is 5.97 Å². The first-order valence-electron chi connectivity index (χ1n) is 31.6. The van der Waals surface area contributed by atoms with Gasteiger partial charge in [-0.25, -0.2) is 0 Å². The fourth-order valence-electron chi connectivity index (χ4n) is 18.9. The van der Waals surface area contributed by atoms with Crippen molar-refractivity contribution in [1.82, 2.24) is 0 Å². The van der Waals surface area contributed by atoms with Crippen LogP contribution in [0, 0.1) is 23.7 Å². The van der Waals surface area contributed by atoms with Crippen molar-refractivity contribution < 1.29 is 101 Å². The highest BCUT2D eigenvalue weighted by molar-refractivity contribution is 5.70. The summed E-state index contributed by atoms with van der Waals surface area (Å²) in [6, 6.07) is 0. The predicted octanol–water partition coefficient (Wildman–Crippen LogP) is 3.62. The second-order valence-corrected chi connectivity index (χ2v) is 28.4. The molecule has 0 amide bonds. The summed E-state index contributed by atoms with van der Waals surface area (Å²) in [5.74, 6) is -5.68. The molecule has 34 atom stereocenters. The van der Waals surface area contributed by atoms with Crippen LogP contribution in [-0.2, 0) is 80.6 Å². The lowest BCUT2D eigenvalue weighted by Crippen LogP contribution is -2.63. The predicted molar refractivity (Wildman–Crippen MR) is 279 cm³/mol. The highest BCUT2D eigenvalue weighted by Gasteiger charge is 2.79. The lowest BCUT2D eigenvalue weighted by molar-refractivity contribution is -0.369. The van der Waals surface area contributed by atoms with Gasteiger partial charge in [0.2, 0.25) is 11.6 Å². The summed E-state index contributed by atoms with van der Waals surface area (Å²) in [6.45, 7) is 17.4. The number of rotatable bonds is 2. The lowest BCUT2D eigenvalue weighted by atomic mass is 9.78. The molecular weight excluding hydrogens is 1070 g/mol. The molecule has 17 fully saturated rings. The van der Waals surface area contributed by atoms with Crippen molar-refractivity contribution in [3.63, 3.8) is 0 Å². The molecule has 4 N–H and O–H groups in total. The molecule has 0 aromatic carbocycles. The van der Waals surface area contributed by atoms with E-state index >= 15 is 0 Å². The molecule has 0 aliphatic carbocycles. The molecule has 0 aromatic rings. The van der Waals surface area contributed by atoms with E-state index in [9.17, 15) is 25.2 Å². The monoisotopic (exact) mass is 1150 g/mol. The Morgan fingerprint density at radius 3 is 2.06 bits per heavy atom. The van der Waals surface area contributed by atoms with Gasteiger partial charge >= 0.3 is 5.97 Å². The summed E-state index contributed by atoms with van der Waals surface area (Å²) in [5, 5.41) is 43.8. The van der Waals surface area contributed by atoms with Gasteiger partial charge in [0.25, 0.3) is 0 Å². The molecule has 17 aliphatic heterocycles. The highest BCUT2D eigenvalue weighted by atomic mass is 16.8. The Labute approximate surface area is 478 Å². The second kappa shape index (κ2) is 20.1. The van der Waals surface area contributed by atoms with Crippen LogP contribution in [0.3, 0.4) is 0 Å².